The van der Waals surface area contributed by atoms with Gasteiger partial charge in [0.15, 0.2) is 0 Å². The maximum Gasteiger partial charge on any atom is 0.336 e. The van der Waals surface area contributed by atoms with E-state index >= 15 is 0 Å². The third kappa shape index (κ3) is 5.17. The van der Waals surface area contributed by atoms with E-state index in [9.17, 15) is 19.2 Å². The molecule has 4 N–H and O–H groups in total. The Morgan fingerprint density at radius 3 is 1.40 bits per heavy atom. The van der Waals surface area contributed by atoms with Crippen molar-refractivity contribution in [2.24, 2.45) is 0 Å². The summed E-state index contributed by atoms with van der Waals surface area (Å²) in [5.41, 5.74) is 0.301. The van der Waals surface area contributed by atoms with Crippen LogP contribution in [0.4, 0.5) is 0 Å². The number of benzene rings is 2. The topological polar surface area (TPSA) is 149 Å². The number of rotatable bonds is 4. The lowest BCUT2D eigenvalue weighted by atomic mass is 10.1. The van der Waals surface area contributed by atoms with Crippen LogP contribution in [0.1, 0.15) is 47.0 Å². The highest BCUT2D eigenvalue weighted by molar-refractivity contribution is 6.01. The van der Waals surface area contributed by atoms with Gasteiger partial charge in [-0.2, -0.15) is 0 Å². The molecule has 0 aliphatic carbocycles. The summed E-state index contributed by atoms with van der Waals surface area (Å²) in [6, 6.07) is 9.38. The van der Waals surface area contributed by atoms with Crippen molar-refractivity contribution in [1.29, 1.82) is 0 Å². The van der Waals surface area contributed by atoms with Gasteiger partial charge in [0.1, 0.15) is 0 Å². The van der Waals surface area contributed by atoms with Gasteiger partial charge in [0, 0.05) is 0 Å². The van der Waals surface area contributed by atoms with E-state index in [1.165, 1.54) is 42.5 Å². The van der Waals surface area contributed by atoms with E-state index in [4.69, 9.17) is 20.4 Å². The van der Waals surface area contributed by atoms with E-state index < -0.39 is 23.9 Å². The summed E-state index contributed by atoms with van der Waals surface area (Å²) in [6.45, 7) is 1.57. The average molecular weight is 346 g/mol. The third-order valence-corrected chi connectivity index (χ3v) is 3.09. The first kappa shape index (κ1) is 19.4. The molecule has 0 spiro atoms. The van der Waals surface area contributed by atoms with Crippen LogP contribution < -0.4 is 0 Å². The molecular formula is C17H14O8. The van der Waals surface area contributed by atoms with Crippen molar-refractivity contribution < 1.29 is 39.6 Å². The molecule has 25 heavy (non-hydrogen) atoms. The minimum Gasteiger partial charge on any atom is -0.478 e. The van der Waals surface area contributed by atoms with Crippen LogP contribution in [-0.2, 0) is 0 Å². The van der Waals surface area contributed by atoms with Crippen LogP contribution in [0.15, 0.2) is 42.5 Å². The van der Waals surface area contributed by atoms with E-state index in [-0.39, 0.29) is 22.3 Å². The van der Waals surface area contributed by atoms with Gasteiger partial charge in [-0.05, 0) is 42.8 Å². The molecule has 0 saturated carbocycles. The summed E-state index contributed by atoms with van der Waals surface area (Å²) in [6.07, 6.45) is 0. The Morgan fingerprint density at radius 2 is 1.08 bits per heavy atom. The first-order valence-electron chi connectivity index (χ1n) is 6.78. The standard InChI is InChI=1S/C9H8O4.C8H6O4/c1-5-4-6(8(10)11)2-3-7(5)9(12)13;9-7(10)5-3-1-2-4-6(5)8(11)12/h2-4H,1H3,(H,10,11)(H,12,13);1-4H,(H,9,10)(H,11,12). The van der Waals surface area contributed by atoms with Crippen LogP contribution in [0.3, 0.4) is 0 Å². The quantitative estimate of drug-likeness (QED) is 0.659. The van der Waals surface area contributed by atoms with Gasteiger partial charge in [0.2, 0.25) is 0 Å². The smallest absolute Gasteiger partial charge is 0.336 e. The monoisotopic (exact) mass is 346 g/mol. The molecule has 0 amide bonds. The van der Waals surface area contributed by atoms with Crippen LogP contribution >= 0.6 is 0 Å². The molecule has 0 aliphatic rings. The van der Waals surface area contributed by atoms with Crippen molar-refractivity contribution in [3.8, 4) is 0 Å². The second kappa shape index (κ2) is 8.25. The average Bonchev–Trinajstić information content (AvgIpc) is 2.54. The number of hydrogen-bond donors (Lipinski definition) is 4. The molecule has 8 nitrogen and oxygen atoms in total. The molecular weight excluding hydrogens is 332 g/mol. The van der Waals surface area contributed by atoms with Crippen LogP contribution in [0.2, 0.25) is 0 Å². The van der Waals surface area contributed by atoms with Gasteiger partial charge in [0.25, 0.3) is 0 Å². The molecule has 2 rings (SSSR count). The molecule has 0 aliphatic heterocycles. The second-order valence-electron chi connectivity index (χ2n) is 4.80. The van der Waals surface area contributed by atoms with E-state index in [1.807, 2.05) is 0 Å². The Kier molecular flexibility index (Phi) is 6.39. The number of carboxylic acids is 4. The number of carbonyl (C=O) groups is 4. The summed E-state index contributed by atoms with van der Waals surface area (Å²) in [5, 5.41) is 34.3. The lowest BCUT2D eigenvalue weighted by Gasteiger charge is -2.01. The van der Waals surface area contributed by atoms with Gasteiger partial charge in [0.05, 0.1) is 22.3 Å². The molecule has 0 bridgehead atoms. The Hall–Kier alpha value is -3.68. The molecule has 0 fully saturated rings. The lowest BCUT2D eigenvalue weighted by Crippen LogP contribution is -2.06. The van der Waals surface area contributed by atoms with Crippen molar-refractivity contribution in [2.75, 3.05) is 0 Å². The summed E-state index contributed by atoms with van der Waals surface area (Å²) in [7, 11) is 0. The molecule has 0 saturated heterocycles. The van der Waals surface area contributed by atoms with E-state index in [0.717, 1.165) is 0 Å². The molecule has 0 heterocycles. The summed E-state index contributed by atoms with van der Waals surface area (Å²) >= 11 is 0. The molecule has 0 atom stereocenters. The van der Waals surface area contributed by atoms with Crippen LogP contribution in [0.25, 0.3) is 0 Å². The van der Waals surface area contributed by atoms with Crippen LogP contribution in [0, 0.1) is 6.92 Å². The Bertz CT molecular complexity index is 805. The molecule has 8 heteroatoms. The highest BCUT2D eigenvalue weighted by atomic mass is 16.4. The van der Waals surface area contributed by atoms with Gasteiger partial charge >= 0.3 is 23.9 Å². The molecule has 0 radical (unpaired) electrons. The molecule has 2 aromatic rings. The number of aromatic carboxylic acids is 4. The van der Waals surface area contributed by atoms with Crippen LogP contribution in [0.5, 0.6) is 0 Å². The number of hydrogen-bond acceptors (Lipinski definition) is 4. The summed E-state index contributed by atoms with van der Waals surface area (Å²) < 4.78 is 0. The Labute approximate surface area is 141 Å². The zero-order valence-electron chi connectivity index (χ0n) is 13.0. The normalized spacial score (nSPS) is 9.48. The first-order valence-corrected chi connectivity index (χ1v) is 6.78. The predicted octanol–water partition coefficient (Wildman–Crippen LogP) is 2.47. The van der Waals surface area contributed by atoms with Crippen molar-refractivity contribution in [3.63, 3.8) is 0 Å². The largest absolute Gasteiger partial charge is 0.478 e. The van der Waals surface area contributed by atoms with Gasteiger partial charge < -0.3 is 20.4 Å². The second-order valence-corrected chi connectivity index (χ2v) is 4.80. The minimum atomic E-state index is -1.23. The summed E-state index contributed by atoms with van der Waals surface area (Å²) in [4.78, 5) is 42.0. The molecule has 0 aromatic heterocycles. The fraction of sp³-hybridized carbons (Fsp3) is 0.0588. The first-order chi connectivity index (χ1) is 11.6. The fourth-order valence-electron chi connectivity index (χ4n) is 1.89. The van der Waals surface area contributed by atoms with E-state index in [1.54, 1.807) is 6.92 Å². The van der Waals surface area contributed by atoms with Crippen molar-refractivity contribution in [3.05, 3.63) is 70.3 Å². The lowest BCUT2D eigenvalue weighted by molar-refractivity contribution is 0.0651. The Morgan fingerprint density at radius 1 is 0.640 bits per heavy atom. The zero-order valence-corrected chi connectivity index (χ0v) is 13.0. The highest BCUT2D eigenvalue weighted by Crippen LogP contribution is 2.11. The Balaban J connectivity index is 0.000000251. The number of aryl methyl sites for hydroxylation is 1. The van der Waals surface area contributed by atoms with Crippen LogP contribution in [-0.4, -0.2) is 44.3 Å². The van der Waals surface area contributed by atoms with Crippen molar-refractivity contribution in [1.82, 2.24) is 0 Å². The number of carboxylic acid groups (broad SMARTS) is 4. The highest BCUT2D eigenvalue weighted by Gasteiger charge is 2.13. The maximum absolute atomic E-state index is 10.6. The van der Waals surface area contributed by atoms with Gasteiger partial charge in [-0.1, -0.05) is 12.1 Å². The zero-order chi connectivity index (χ0) is 19.1. The van der Waals surface area contributed by atoms with Gasteiger partial charge in [-0.15, -0.1) is 0 Å². The van der Waals surface area contributed by atoms with Crippen molar-refractivity contribution >= 4 is 23.9 Å². The van der Waals surface area contributed by atoms with E-state index in [2.05, 4.69) is 0 Å². The molecule has 0 unspecified atom stereocenters. The summed E-state index contributed by atoms with van der Waals surface area (Å²) in [5.74, 6) is -4.56. The maximum atomic E-state index is 10.6. The minimum absolute atomic E-state index is 0.0995. The predicted molar refractivity (Wildman–Crippen MR) is 85.5 cm³/mol. The third-order valence-electron chi connectivity index (χ3n) is 3.09. The van der Waals surface area contributed by atoms with Crippen molar-refractivity contribution in [2.45, 2.75) is 6.92 Å². The van der Waals surface area contributed by atoms with Gasteiger partial charge in [-0.25, -0.2) is 19.2 Å². The molecule has 130 valence electrons. The SMILES string of the molecule is Cc1cc(C(=O)O)ccc1C(=O)O.O=C(O)c1ccccc1C(=O)O. The van der Waals surface area contributed by atoms with Gasteiger partial charge in [-0.3, -0.25) is 0 Å². The molecule has 2 aromatic carbocycles. The fourth-order valence-corrected chi connectivity index (χ4v) is 1.89. The van der Waals surface area contributed by atoms with E-state index in [0.29, 0.717) is 5.56 Å².